The minimum atomic E-state index is -1.82. The fraction of sp³-hybridized carbons (Fsp3) is 0.833. The SMILES string of the molecule is C[C@@H](/C=C\C(=O)NC1CCC(CN=[N+]=[N-])CC1)O[Si](C)(C)C(C)(C)C. The summed E-state index contributed by atoms with van der Waals surface area (Å²) in [6.45, 7) is 13.6. The van der Waals surface area contributed by atoms with E-state index in [1.807, 2.05) is 13.0 Å². The highest BCUT2D eigenvalue weighted by molar-refractivity contribution is 6.74. The minimum absolute atomic E-state index is 0.0517. The Hall–Kier alpha value is -1.30. The summed E-state index contributed by atoms with van der Waals surface area (Å²) in [5, 5.41) is 6.88. The van der Waals surface area contributed by atoms with Gasteiger partial charge in [-0.25, -0.2) is 0 Å². The molecule has 1 N–H and O–H groups in total. The van der Waals surface area contributed by atoms with Gasteiger partial charge >= 0.3 is 0 Å². The summed E-state index contributed by atoms with van der Waals surface area (Å²) in [5.41, 5.74) is 8.37. The molecular weight excluding hydrogens is 332 g/mol. The molecule has 1 rings (SSSR count). The van der Waals surface area contributed by atoms with Gasteiger partial charge in [0.1, 0.15) is 0 Å². The Bertz CT molecular complexity index is 514. The summed E-state index contributed by atoms with van der Waals surface area (Å²) < 4.78 is 6.23. The Morgan fingerprint density at radius 1 is 1.36 bits per heavy atom. The minimum Gasteiger partial charge on any atom is -0.411 e. The van der Waals surface area contributed by atoms with Crippen molar-refractivity contribution in [2.24, 2.45) is 11.0 Å². The van der Waals surface area contributed by atoms with Crippen LogP contribution in [0.15, 0.2) is 17.3 Å². The maximum Gasteiger partial charge on any atom is 0.243 e. The number of carbonyl (C=O) groups excluding carboxylic acids is 1. The predicted molar refractivity (Wildman–Crippen MR) is 105 cm³/mol. The van der Waals surface area contributed by atoms with Crippen LogP contribution in [0.4, 0.5) is 0 Å². The first-order chi connectivity index (χ1) is 11.5. The maximum absolute atomic E-state index is 12.1. The molecule has 7 heteroatoms. The van der Waals surface area contributed by atoms with Crippen LogP contribution in [-0.2, 0) is 9.22 Å². The first-order valence-electron chi connectivity index (χ1n) is 9.22. The number of nitrogens with one attached hydrogen (secondary N) is 1. The largest absolute Gasteiger partial charge is 0.411 e. The van der Waals surface area contributed by atoms with Gasteiger partial charge in [0.2, 0.25) is 5.91 Å². The average molecular weight is 367 g/mol. The molecule has 1 aliphatic carbocycles. The summed E-state index contributed by atoms with van der Waals surface area (Å²) in [4.78, 5) is 14.9. The molecule has 1 fully saturated rings. The van der Waals surface area contributed by atoms with Crippen molar-refractivity contribution in [1.82, 2.24) is 5.32 Å². The third-order valence-corrected chi connectivity index (χ3v) is 9.97. The molecule has 1 amide bonds. The summed E-state index contributed by atoms with van der Waals surface area (Å²) in [6, 6.07) is 0.219. The first-order valence-corrected chi connectivity index (χ1v) is 12.1. The van der Waals surface area contributed by atoms with Crippen LogP contribution in [0, 0.1) is 5.92 Å². The van der Waals surface area contributed by atoms with Crippen LogP contribution in [-0.4, -0.2) is 32.9 Å². The number of carbonyl (C=O) groups is 1. The Balaban J connectivity index is 2.39. The van der Waals surface area contributed by atoms with E-state index in [1.54, 1.807) is 6.08 Å². The molecule has 0 aromatic heterocycles. The molecule has 0 aromatic carbocycles. The monoisotopic (exact) mass is 366 g/mol. The fourth-order valence-corrected chi connectivity index (χ4v) is 4.16. The summed E-state index contributed by atoms with van der Waals surface area (Å²) >= 11 is 0. The van der Waals surface area contributed by atoms with Crippen molar-refractivity contribution in [3.63, 3.8) is 0 Å². The number of hydrogen-bond donors (Lipinski definition) is 1. The molecule has 0 aromatic rings. The Kier molecular flexibility index (Phi) is 8.18. The van der Waals surface area contributed by atoms with E-state index in [-0.39, 0.29) is 23.1 Å². The van der Waals surface area contributed by atoms with Crippen LogP contribution in [0.1, 0.15) is 53.4 Å². The van der Waals surface area contributed by atoms with Gasteiger partial charge in [0, 0.05) is 23.6 Å². The third-order valence-electron chi connectivity index (χ3n) is 5.40. The van der Waals surface area contributed by atoms with E-state index >= 15 is 0 Å². The van der Waals surface area contributed by atoms with Crippen LogP contribution in [0.25, 0.3) is 10.4 Å². The van der Waals surface area contributed by atoms with Gasteiger partial charge in [-0.1, -0.05) is 32.0 Å². The van der Waals surface area contributed by atoms with Crippen molar-refractivity contribution in [1.29, 1.82) is 0 Å². The molecule has 25 heavy (non-hydrogen) atoms. The molecule has 0 heterocycles. The smallest absolute Gasteiger partial charge is 0.243 e. The molecule has 1 saturated carbocycles. The Morgan fingerprint density at radius 3 is 2.48 bits per heavy atom. The lowest BCUT2D eigenvalue weighted by molar-refractivity contribution is -0.117. The van der Waals surface area contributed by atoms with E-state index in [4.69, 9.17) is 9.96 Å². The average Bonchev–Trinajstić information content (AvgIpc) is 2.51. The van der Waals surface area contributed by atoms with E-state index in [0.717, 1.165) is 25.7 Å². The van der Waals surface area contributed by atoms with E-state index in [9.17, 15) is 4.79 Å². The van der Waals surface area contributed by atoms with Crippen molar-refractivity contribution in [2.45, 2.75) is 83.7 Å². The normalized spacial score (nSPS) is 23.1. The molecule has 1 aliphatic rings. The zero-order chi connectivity index (χ0) is 19.1. The molecule has 0 aliphatic heterocycles. The van der Waals surface area contributed by atoms with Gasteiger partial charge in [0.15, 0.2) is 8.32 Å². The lowest BCUT2D eigenvalue weighted by atomic mass is 9.86. The van der Waals surface area contributed by atoms with Gasteiger partial charge < -0.3 is 9.74 Å². The number of rotatable bonds is 7. The van der Waals surface area contributed by atoms with Crippen LogP contribution in [0.3, 0.4) is 0 Å². The number of nitrogens with zero attached hydrogens (tertiary/aromatic N) is 3. The van der Waals surface area contributed by atoms with Gasteiger partial charge in [-0.3, -0.25) is 4.79 Å². The van der Waals surface area contributed by atoms with Crippen molar-refractivity contribution < 1.29 is 9.22 Å². The maximum atomic E-state index is 12.1. The molecule has 6 nitrogen and oxygen atoms in total. The van der Waals surface area contributed by atoms with Gasteiger partial charge in [0.25, 0.3) is 0 Å². The summed E-state index contributed by atoms with van der Waals surface area (Å²) in [6.07, 6.45) is 7.28. The van der Waals surface area contributed by atoms with Crippen molar-refractivity contribution in [3.05, 3.63) is 22.6 Å². The van der Waals surface area contributed by atoms with Crippen LogP contribution in [0.2, 0.25) is 18.1 Å². The van der Waals surface area contributed by atoms with Gasteiger partial charge in [-0.2, -0.15) is 0 Å². The molecule has 142 valence electrons. The van der Waals surface area contributed by atoms with Gasteiger partial charge in [-0.05, 0) is 62.2 Å². The molecule has 0 radical (unpaired) electrons. The zero-order valence-electron chi connectivity index (χ0n) is 16.6. The molecule has 0 saturated heterocycles. The number of amides is 1. The molecule has 1 atom stereocenters. The lowest BCUT2D eigenvalue weighted by Crippen LogP contribution is -2.43. The zero-order valence-corrected chi connectivity index (χ0v) is 17.6. The van der Waals surface area contributed by atoms with Gasteiger partial charge in [0.05, 0.1) is 6.10 Å². The third kappa shape index (κ3) is 7.63. The van der Waals surface area contributed by atoms with Crippen LogP contribution < -0.4 is 5.32 Å². The lowest BCUT2D eigenvalue weighted by Gasteiger charge is -2.37. The second-order valence-corrected chi connectivity index (χ2v) is 13.3. The Morgan fingerprint density at radius 2 is 1.96 bits per heavy atom. The van der Waals surface area contributed by atoms with Crippen molar-refractivity contribution >= 4 is 14.2 Å². The summed E-state index contributed by atoms with van der Waals surface area (Å²) in [7, 11) is -1.82. The highest BCUT2D eigenvalue weighted by Gasteiger charge is 2.38. The van der Waals surface area contributed by atoms with Crippen LogP contribution in [0.5, 0.6) is 0 Å². The number of hydrogen-bond acceptors (Lipinski definition) is 3. The topological polar surface area (TPSA) is 87.1 Å². The molecule has 0 spiro atoms. The Labute approximate surface area is 153 Å². The summed E-state index contributed by atoms with van der Waals surface area (Å²) in [5.74, 6) is 0.404. The second-order valence-electron chi connectivity index (χ2n) is 8.58. The van der Waals surface area contributed by atoms with Crippen molar-refractivity contribution in [2.75, 3.05) is 6.54 Å². The fourth-order valence-electron chi connectivity index (χ4n) is 2.79. The first kappa shape index (κ1) is 21.7. The second kappa shape index (κ2) is 9.41. The predicted octanol–water partition coefficient (Wildman–Crippen LogP) is 4.94. The van der Waals surface area contributed by atoms with Crippen molar-refractivity contribution in [3.8, 4) is 0 Å². The highest BCUT2D eigenvalue weighted by Crippen LogP contribution is 2.37. The van der Waals surface area contributed by atoms with E-state index in [1.165, 1.54) is 0 Å². The quantitative estimate of drug-likeness (QED) is 0.227. The molecule has 0 unspecified atom stereocenters. The number of azide groups is 1. The van der Waals surface area contributed by atoms with Crippen LogP contribution >= 0.6 is 0 Å². The van der Waals surface area contributed by atoms with E-state index in [2.05, 4.69) is 49.2 Å². The molecule has 0 bridgehead atoms. The highest BCUT2D eigenvalue weighted by atomic mass is 28.4. The van der Waals surface area contributed by atoms with E-state index in [0.29, 0.717) is 12.5 Å². The van der Waals surface area contributed by atoms with E-state index < -0.39 is 8.32 Å². The van der Waals surface area contributed by atoms with Gasteiger partial charge in [-0.15, -0.1) is 0 Å². The standard InChI is InChI=1S/C18H34N4O2Si/c1-14(24-25(5,6)18(2,3)4)7-12-17(23)21-16-10-8-15(9-11-16)13-20-22-19/h7,12,14-16H,8-11,13H2,1-6H3,(H,21,23)/b12-7-/t14-,15?,16?/m0/s1. The molecular formula is C18H34N4O2Si.